The first-order valence-electron chi connectivity index (χ1n) is 11.4. The minimum absolute atomic E-state index is 0.0130. The van der Waals surface area contributed by atoms with E-state index in [0.717, 1.165) is 11.1 Å². The Labute approximate surface area is 222 Å². The molecule has 1 aliphatic rings. The van der Waals surface area contributed by atoms with Crippen molar-refractivity contribution in [2.24, 2.45) is 5.73 Å². The number of ether oxygens (including phenoxy) is 1. The molecule has 0 radical (unpaired) electrons. The lowest BCUT2D eigenvalue weighted by Crippen LogP contribution is -2.23. The zero-order chi connectivity index (χ0) is 28.7. The molecule has 0 saturated carbocycles. The van der Waals surface area contributed by atoms with Crippen molar-refractivity contribution in [2.45, 2.75) is 37.0 Å². The van der Waals surface area contributed by atoms with Crippen molar-refractivity contribution in [3.63, 3.8) is 0 Å². The van der Waals surface area contributed by atoms with Gasteiger partial charge in [-0.15, -0.1) is 0 Å². The van der Waals surface area contributed by atoms with Gasteiger partial charge in [-0.25, -0.2) is 4.21 Å². The molecule has 1 heterocycles. The molecule has 0 bridgehead atoms. The van der Waals surface area contributed by atoms with Crippen LogP contribution >= 0.6 is 0 Å². The number of aryl methyl sites for hydroxylation is 2. The summed E-state index contributed by atoms with van der Waals surface area (Å²) >= 11 is 0. The molecule has 4 nitrogen and oxygen atoms in total. The molecule has 11 heteroatoms. The minimum Gasteiger partial charge on any atom is -0.439 e. The van der Waals surface area contributed by atoms with Crippen LogP contribution in [0.4, 0.5) is 26.3 Å². The third-order valence-corrected chi connectivity index (χ3v) is 7.59. The van der Waals surface area contributed by atoms with Gasteiger partial charge in [0.05, 0.1) is 32.7 Å². The van der Waals surface area contributed by atoms with Crippen molar-refractivity contribution >= 4 is 16.6 Å². The van der Waals surface area contributed by atoms with E-state index in [1.54, 1.807) is 50.2 Å². The lowest BCUT2D eigenvalue weighted by atomic mass is 9.88. The first kappa shape index (κ1) is 28.0. The molecule has 2 atom stereocenters. The van der Waals surface area contributed by atoms with Gasteiger partial charge in [-0.3, -0.25) is 0 Å². The van der Waals surface area contributed by atoms with E-state index in [2.05, 4.69) is 0 Å². The highest BCUT2D eigenvalue weighted by molar-refractivity contribution is 7.89. The molecule has 0 spiro atoms. The van der Waals surface area contributed by atoms with Crippen molar-refractivity contribution in [1.29, 1.82) is 5.26 Å². The van der Waals surface area contributed by atoms with Crippen LogP contribution < -0.4 is 5.73 Å². The number of halogens is 6. The van der Waals surface area contributed by atoms with Gasteiger partial charge in [-0.2, -0.15) is 31.6 Å². The highest BCUT2D eigenvalue weighted by atomic mass is 32.2. The number of nitriles is 1. The second-order valence-electron chi connectivity index (χ2n) is 8.91. The van der Waals surface area contributed by atoms with E-state index >= 15 is 0 Å². The minimum atomic E-state index is -5.13. The van der Waals surface area contributed by atoms with Gasteiger partial charge in [0.1, 0.15) is 17.4 Å². The summed E-state index contributed by atoms with van der Waals surface area (Å²) in [5.74, 6) is -2.24. The third-order valence-electron chi connectivity index (χ3n) is 6.07. The first-order chi connectivity index (χ1) is 18.2. The number of hydrogen-bond donors (Lipinski definition) is 1. The average molecular weight is 563 g/mol. The van der Waals surface area contributed by atoms with E-state index in [9.17, 15) is 35.8 Å². The molecule has 2 unspecified atom stereocenters. The quantitative estimate of drug-likeness (QED) is 0.338. The molecule has 1 aliphatic heterocycles. The molecule has 3 aromatic rings. The third kappa shape index (κ3) is 5.71. The SMILES string of the molecule is Cc1ccc(C2C(C#N)=C(N)OC(c3cc(C(F)(F)F)cc(C(F)(F)F)c3)=C2S(=O)c2ccc(C)cc2)cc1. The highest BCUT2D eigenvalue weighted by Gasteiger charge is 2.41. The molecule has 4 rings (SSSR count). The van der Waals surface area contributed by atoms with E-state index < -0.39 is 57.4 Å². The van der Waals surface area contributed by atoms with Crippen LogP contribution in [0.2, 0.25) is 0 Å². The Morgan fingerprint density at radius 2 is 1.33 bits per heavy atom. The molecule has 202 valence electrons. The molecule has 3 aromatic carbocycles. The van der Waals surface area contributed by atoms with Crippen LogP contribution in [0.5, 0.6) is 0 Å². The van der Waals surface area contributed by atoms with Gasteiger partial charge in [-0.1, -0.05) is 47.5 Å². The Bertz CT molecular complexity index is 1520. The fourth-order valence-electron chi connectivity index (χ4n) is 4.08. The van der Waals surface area contributed by atoms with Gasteiger partial charge < -0.3 is 10.5 Å². The molecule has 39 heavy (non-hydrogen) atoms. The number of nitrogens with zero attached hydrogens (tertiary/aromatic N) is 1. The Morgan fingerprint density at radius 1 is 0.846 bits per heavy atom. The van der Waals surface area contributed by atoms with Crippen molar-refractivity contribution in [3.05, 3.63) is 116 Å². The summed E-state index contributed by atoms with van der Waals surface area (Å²) < 4.78 is 102. The fourth-order valence-corrected chi connectivity index (χ4v) is 5.52. The van der Waals surface area contributed by atoms with E-state index in [0.29, 0.717) is 17.7 Å². The van der Waals surface area contributed by atoms with Crippen molar-refractivity contribution in [2.75, 3.05) is 0 Å². The fraction of sp³-hybridized carbons (Fsp3) is 0.179. The topological polar surface area (TPSA) is 76.1 Å². The largest absolute Gasteiger partial charge is 0.439 e. The van der Waals surface area contributed by atoms with Crippen LogP contribution in [0.25, 0.3) is 5.76 Å². The Morgan fingerprint density at radius 3 is 1.79 bits per heavy atom. The standard InChI is InChI=1S/C28H20F6N2O2S/c1-15-3-7-17(8-4-15)23-22(14-35)26(36)38-24(25(23)39(37)21-9-5-16(2)6-10-21)18-11-19(27(29,30)31)13-20(12-18)28(32,33)34/h3-13,23H,36H2,1-2H3. The smallest absolute Gasteiger partial charge is 0.416 e. The molecule has 0 amide bonds. The Hall–Kier alpha value is -4.04. The Balaban J connectivity index is 2.09. The average Bonchev–Trinajstić information content (AvgIpc) is 2.87. The number of nitrogens with two attached hydrogens (primary N) is 1. The van der Waals surface area contributed by atoms with Gasteiger partial charge in [0.2, 0.25) is 5.88 Å². The van der Waals surface area contributed by atoms with E-state index in [1.165, 1.54) is 12.1 Å². The molecule has 0 fully saturated rings. The summed E-state index contributed by atoms with van der Waals surface area (Å²) in [4.78, 5) is -0.00417. The molecule has 2 N–H and O–H groups in total. The van der Waals surface area contributed by atoms with Crippen molar-refractivity contribution < 1.29 is 35.3 Å². The highest BCUT2D eigenvalue weighted by Crippen LogP contribution is 2.47. The van der Waals surface area contributed by atoms with Crippen LogP contribution in [0.1, 0.15) is 39.3 Å². The summed E-state index contributed by atoms with van der Waals surface area (Å²) in [5, 5.41) is 9.93. The number of alkyl halides is 6. The number of benzene rings is 3. The molecular weight excluding hydrogens is 542 g/mol. The zero-order valence-electron chi connectivity index (χ0n) is 20.4. The molecule has 0 aromatic heterocycles. The molecule has 0 aliphatic carbocycles. The second kappa shape index (κ2) is 10.3. The van der Waals surface area contributed by atoms with Gasteiger partial charge in [0.15, 0.2) is 0 Å². The van der Waals surface area contributed by atoms with Gasteiger partial charge >= 0.3 is 12.4 Å². The summed E-state index contributed by atoms with van der Waals surface area (Å²) in [6.45, 7) is 3.59. The van der Waals surface area contributed by atoms with Crippen molar-refractivity contribution in [1.82, 2.24) is 0 Å². The maximum atomic E-state index is 14.0. The number of hydrogen-bond acceptors (Lipinski definition) is 4. The van der Waals surface area contributed by atoms with Gasteiger partial charge in [-0.05, 0) is 49.7 Å². The second-order valence-corrected chi connectivity index (χ2v) is 10.4. The predicted octanol–water partition coefficient (Wildman–Crippen LogP) is 7.33. The van der Waals surface area contributed by atoms with Gasteiger partial charge in [0.25, 0.3) is 0 Å². The van der Waals surface area contributed by atoms with E-state index in [1.807, 2.05) is 6.07 Å². The van der Waals surface area contributed by atoms with Crippen LogP contribution in [0, 0.1) is 25.2 Å². The van der Waals surface area contributed by atoms with E-state index in [4.69, 9.17) is 10.5 Å². The first-order valence-corrected chi connectivity index (χ1v) is 12.5. The normalized spacial score (nSPS) is 17.1. The van der Waals surface area contributed by atoms with Crippen LogP contribution in [0.15, 0.2) is 88.0 Å². The lowest BCUT2D eigenvalue weighted by molar-refractivity contribution is -0.143. The van der Waals surface area contributed by atoms with Gasteiger partial charge in [0, 0.05) is 10.5 Å². The summed E-state index contributed by atoms with van der Waals surface area (Å²) in [5.41, 5.74) is 4.11. The number of rotatable bonds is 4. The van der Waals surface area contributed by atoms with Crippen molar-refractivity contribution in [3.8, 4) is 6.07 Å². The maximum absolute atomic E-state index is 14.0. The summed E-state index contributed by atoms with van der Waals surface area (Å²) in [6, 6.07) is 15.8. The van der Waals surface area contributed by atoms with E-state index in [-0.39, 0.29) is 21.4 Å². The zero-order valence-corrected chi connectivity index (χ0v) is 21.3. The predicted molar refractivity (Wildman–Crippen MR) is 133 cm³/mol. The van der Waals surface area contributed by atoms with Crippen LogP contribution in [-0.4, -0.2) is 4.21 Å². The monoisotopic (exact) mass is 562 g/mol. The Kier molecular flexibility index (Phi) is 7.36. The van der Waals surface area contributed by atoms with Crippen LogP contribution in [-0.2, 0) is 27.9 Å². The molecule has 0 saturated heterocycles. The number of allylic oxidation sites excluding steroid dienone is 2. The lowest BCUT2D eigenvalue weighted by Gasteiger charge is -2.29. The summed E-state index contributed by atoms with van der Waals surface area (Å²) in [6.07, 6.45) is -10.3. The molecular formula is C28H20F6N2O2S. The van der Waals surface area contributed by atoms with Crippen LogP contribution in [0.3, 0.4) is 0 Å². The maximum Gasteiger partial charge on any atom is 0.416 e. The summed E-state index contributed by atoms with van der Waals surface area (Å²) in [7, 11) is -2.19.